The van der Waals surface area contributed by atoms with Crippen LogP contribution in [-0.4, -0.2) is 36.7 Å². The molecule has 0 aliphatic carbocycles. The Morgan fingerprint density at radius 1 is 1.53 bits per heavy atom. The lowest BCUT2D eigenvalue weighted by molar-refractivity contribution is -0.150. The van der Waals surface area contributed by atoms with E-state index in [1.54, 1.807) is 6.07 Å². The molecule has 19 heavy (non-hydrogen) atoms. The van der Waals surface area contributed by atoms with Crippen LogP contribution in [-0.2, 0) is 14.3 Å². The molecule has 1 aromatic rings. The molecule has 0 aromatic heterocycles. The van der Waals surface area contributed by atoms with Crippen LogP contribution in [0.15, 0.2) is 30.3 Å². The Morgan fingerprint density at radius 3 is 2.89 bits per heavy atom. The van der Waals surface area contributed by atoms with E-state index in [9.17, 15) is 19.1 Å². The number of halogens is 1. The first-order valence-corrected chi connectivity index (χ1v) is 5.50. The van der Waals surface area contributed by atoms with Gasteiger partial charge in [-0.05, 0) is 23.8 Å². The monoisotopic (exact) mass is 267 g/mol. The number of aliphatic hydroxyl groups excluding tert-OH is 1. The summed E-state index contributed by atoms with van der Waals surface area (Å²) in [6.07, 6.45) is 1.19. The zero-order valence-electron chi connectivity index (χ0n) is 10.3. The lowest BCUT2D eigenvalue weighted by atomic mass is 10.2. The molecular formula is C13H14FNO4. The fourth-order valence-corrected chi connectivity index (χ4v) is 1.26. The fraction of sp³-hybridized carbons (Fsp3) is 0.231. The highest BCUT2D eigenvalue weighted by atomic mass is 19.1. The van der Waals surface area contributed by atoms with E-state index < -0.39 is 23.8 Å². The minimum Gasteiger partial charge on any atom is -0.467 e. The molecule has 0 bridgehead atoms. The summed E-state index contributed by atoms with van der Waals surface area (Å²) >= 11 is 0. The number of hydrogen-bond donors (Lipinski definition) is 2. The molecule has 0 aliphatic rings. The first-order chi connectivity index (χ1) is 9.02. The largest absolute Gasteiger partial charge is 0.467 e. The predicted octanol–water partition coefficient (Wildman–Crippen LogP) is 0.489. The van der Waals surface area contributed by atoms with Gasteiger partial charge in [0.2, 0.25) is 5.91 Å². The van der Waals surface area contributed by atoms with Crippen LogP contribution >= 0.6 is 0 Å². The van der Waals surface area contributed by atoms with Crippen LogP contribution in [0.1, 0.15) is 5.56 Å². The molecule has 2 N–H and O–H groups in total. The molecule has 1 unspecified atom stereocenters. The molecule has 1 amide bonds. The summed E-state index contributed by atoms with van der Waals surface area (Å²) < 4.78 is 17.1. The number of nitrogens with one attached hydrogen (secondary N) is 1. The van der Waals surface area contributed by atoms with Crippen molar-refractivity contribution in [1.82, 2.24) is 5.32 Å². The number of carbonyl (C=O) groups excluding carboxylic acids is 2. The average Bonchev–Trinajstić information content (AvgIpc) is 2.41. The summed E-state index contributed by atoms with van der Waals surface area (Å²) in [4.78, 5) is 22.2. The van der Waals surface area contributed by atoms with Crippen LogP contribution in [0.3, 0.4) is 0 Å². The average molecular weight is 267 g/mol. The van der Waals surface area contributed by atoms with Gasteiger partial charge in [0.05, 0.1) is 13.7 Å². The Kier molecular flexibility index (Phi) is 5.69. The Bertz CT molecular complexity index is 487. The molecule has 1 rings (SSSR count). The fourth-order valence-electron chi connectivity index (χ4n) is 1.26. The topological polar surface area (TPSA) is 75.6 Å². The van der Waals surface area contributed by atoms with Gasteiger partial charge >= 0.3 is 5.97 Å². The van der Waals surface area contributed by atoms with Gasteiger partial charge in [0.1, 0.15) is 5.82 Å². The molecule has 6 heteroatoms. The normalized spacial score (nSPS) is 12.2. The van der Waals surface area contributed by atoms with Crippen molar-refractivity contribution in [3.63, 3.8) is 0 Å². The van der Waals surface area contributed by atoms with E-state index in [0.29, 0.717) is 5.56 Å². The number of methoxy groups -OCH3 is 1. The standard InChI is InChI=1S/C13H14FNO4/c1-19-13(18)11(16)8-15-12(17)6-5-9-3-2-4-10(14)7-9/h2-7,11,16H,8H2,1H3,(H,15,17)/b6-5+. The molecule has 1 aromatic carbocycles. The van der Waals surface area contributed by atoms with Crippen molar-refractivity contribution >= 4 is 18.0 Å². The van der Waals surface area contributed by atoms with Crippen LogP contribution in [0.2, 0.25) is 0 Å². The second kappa shape index (κ2) is 7.27. The van der Waals surface area contributed by atoms with E-state index in [-0.39, 0.29) is 6.54 Å². The van der Waals surface area contributed by atoms with E-state index in [2.05, 4.69) is 10.1 Å². The Balaban J connectivity index is 2.45. The van der Waals surface area contributed by atoms with Crippen molar-refractivity contribution in [2.75, 3.05) is 13.7 Å². The summed E-state index contributed by atoms with van der Waals surface area (Å²) in [5.74, 6) is -1.73. The quantitative estimate of drug-likeness (QED) is 0.601. The number of carbonyl (C=O) groups is 2. The molecule has 1 atom stereocenters. The number of amides is 1. The molecule has 0 saturated carbocycles. The zero-order chi connectivity index (χ0) is 14.3. The molecule has 0 saturated heterocycles. The number of aliphatic hydroxyl groups is 1. The van der Waals surface area contributed by atoms with Crippen molar-refractivity contribution in [3.8, 4) is 0 Å². The molecular weight excluding hydrogens is 253 g/mol. The molecule has 0 spiro atoms. The van der Waals surface area contributed by atoms with Gasteiger partial charge in [-0.1, -0.05) is 12.1 Å². The summed E-state index contributed by atoms with van der Waals surface area (Å²) in [7, 11) is 1.14. The van der Waals surface area contributed by atoms with Crippen molar-refractivity contribution in [1.29, 1.82) is 0 Å². The third-order valence-corrected chi connectivity index (χ3v) is 2.22. The highest BCUT2D eigenvalue weighted by molar-refractivity contribution is 5.92. The highest BCUT2D eigenvalue weighted by Crippen LogP contribution is 2.04. The van der Waals surface area contributed by atoms with Crippen molar-refractivity contribution in [3.05, 3.63) is 41.7 Å². The molecule has 0 radical (unpaired) electrons. The summed E-state index contributed by atoms with van der Waals surface area (Å²) in [6.45, 7) is -0.251. The summed E-state index contributed by atoms with van der Waals surface area (Å²) in [6, 6.07) is 5.72. The molecule has 5 nitrogen and oxygen atoms in total. The molecule has 0 aliphatic heterocycles. The Morgan fingerprint density at radius 2 is 2.26 bits per heavy atom. The second-order valence-corrected chi connectivity index (χ2v) is 3.67. The minimum atomic E-state index is -1.41. The van der Waals surface area contributed by atoms with Crippen LogP contribution in [0, 0.1) is 5.82 Å². The summed E-state index contributed by atoms with van der Waals surface area (Å²) in [5, 5.41) is 11.5. The van der Waals surface area contributed by atoms with Crippen molar-refractivity contribution < 1.29 is 23.8 Å². The number of ether oxygens (including phenoxy) is 1. The van der Waals surface area contributed by atoms with E-state index in [1.165, 1.54) is 30.4 Å². The van der Waals surface area contributed by atoms with Crippen LogP contribution in [0.25, 0.3) is 6.08 Å². The number of rotatable bonds is 5. The van der Waals surface area contributed by atoms with Gasteiger partial charge in [-0.25, -0.2) is 9.18 Å². The third kappa shape index (κ3) is 5.31. The molecule has 102 valence electrons. The van der Waals surface area contributed by atoms with Crippen molar-refractivity contribution in [2.24, 2.45) is 0 Å². The highest BCUT2D eigenvalue weighted by Gasteiger charge is 2.15. The summed E-state index contributed by atoms with van der Waals surface area (Å²) in [5.41, 5.74) is 0.531. The molecule has 0 heterocycles. The third-order valence-electron chi connectivity index (χ3n) is 2.22. The predicted molar refractivity (Wildman–Crippen MR) is 66.5 cm³/mol. The van der Waals surface area contributed by atoms with E-state index in [4.69, 9.17) is 0 Å². The number of esters is 1. The maximum Gasteiger partial charge on any atom is 0.336 e. The van der Waals surface area contributed by atoms with Gasteiger partial charge in [-0.3, -0.25) is 4.79 Å². The van der Waals surface area contributed by atoms with E-state index in [1.807, 2.05) is 0 Å². The van der Waals surface area contributed by atoms with Crippen LogP contribution in [0.4, 0.5) is 4.39 Å². The van der Waals surface area contributed by atoms with Crippen LogP contribution in [0.5, 0.6) is 0 Å². The smallest absolute Gasteiger partial charge is 0.336 e. The van der Waals surface area contributed by atoms with Gasteiger partial charge < -0.3 is 15.2 Å². The van der Waals surface area contributed by atoms with Gasteiger partial charge in [-0.15, -0.1) is 0 Å². The Labute approximate surface area is 109 Å². The number of hydrogen-bond acceptors (Lipinski definition) is 4. The second-order valence-electron chi connectivity index (χ2n) is 3.67. The Hall–Kier alpha value is -2.21. The van der Waals surface area contributed by atoms with Gasteiger partial charge in [0.15, 0.2) is 6.10 Å². The van der Waals surface area contributed by atoms with Gasteiger partial charge in [-0.2, -0.15) is 0 Å². The number of benzene rings is 1. The first kappa shape index (κ1) is 14.8. The van der Waals surface area contributed by atoms with Gasteiger partial charge in [0.25, 0.3) is 0 Å². The lowest BCUT2D eigenvalue weighted by Gasteiger charge is -2.07. The van der Waals surface area contributed by atoms with Crippen molar-refractivity contribution in [2.45, 2.75) is 6.10 Å². The zero-order valence-corrected chi connectivity index (χ0v) is 10.3. The SMILES string of the molecule is COC(=O)C(O)CNC(=O)/C=C/c1cccc(F)c1. The first-order valence-electron chi connectivity index (χ1n) is 5.50. The van der Waals surface area contributed by atoms with Gasteiger partial charge in [0, 0.05) is 6.08 Å². The van der Waals surface area contributed by atoms with E-state index in [0.717, 1.165) is 7.11 Å². The van der Waals surface area contributed by atoms with Crippen LogP contribution < -0.4 is 5.32 Å². The van der Waals surface area contributed by atoms with E-state index >= 15 is 0 Å². The molecule has 0 fully saturated rings. The lowest BCUT2D eigenvalue weighted by Crippen LogP contribution is -2.36. The maximum atomic E-state index is 12.9. The maximum absolute atomic E-state index is 12.9. The minimum absolute atomic E-state index is 0.251.